The summed E-state index contributed by atoms with van der Waals surface area (Å²) >= 11 is 0. The third-order valence-corrected chi connectivity index (χ3v) is 3.69. The van der Waals surface area contributed by atoms with Gasteiger partial charge in [-0.2, -0.15) is 0 Å². The highest BCUT2D eigenvalue weighted by Gasteiger charge is 2.31. The lowest BCUT2D eigenvalue weighted by Gasteiger charge is -2.27. The summed E-state index contributed by atoms with van der Waals surface area (Å²) in [5, 5.41) is 3.55. The second kappa shape index (κ2) is 7.24. The van der Waals surface area contributed by atoms with Crippen molar-refractivity contribution in [1.29, 1.82) is 0 Å². The van der Waals surface area contributed by atoms with Crippen molar-refractivity contribution in [2.45, 2.75) is 52.4 Å². The van der Waals surface area contributed by atoms with E-state index >= 15 is 0 Å². The van der Waals surface area contributed by atoms with Crippen LogP contribution in [0.2, 0.25) is 0 Å². The summed E-state index contributed by atoms with van der Waals surface area (Å²) in [6, 6.07) is 0. The Morgan fingerprint density at radius 1 is 1.13 bits per heavy atom. The summed E-state index contributed by atoms with van der Waals surface area (Å²) < 4.78 is 5.45. The molecule has 15 heavy (non-hydrogen) atoms. The van der Waals surface area contributed by atoms with Crippen LogP contribution < -0.4 is 5.32 Å². The molecule has 0 aliphatic heterocycles. The average Bonchev–Trinajstić information content (AvgIpc) is 2.73. The van der Waals surface area contributed by atoms with E-state index in [1.54, 1.807) is 0 Å². The molecule has 1 N–H and O–H groups in total. The van der Waals surface area contributed by atoms with Crippen LogP contribution in [0.3, 0.4) is 0 Å². The van der Waals surface area contributed by atoms with Crippen LogP contribution >= 0.6 is 0 Å². The highest BCUT2D eigenvalue weighted by molar-refractivity contribution is 4.85. The Balaban J connectivity index is 2.02. The second-order valence-electron chi connectivity index (χ2n) is 4.85. The summed E-state index contributed by atoms with van der Waals surface area (Å²) in [6.07, 6.45) is 8.16. The molecule has 0 unspecified atom stereocenters. The Morgan fingerprint density at radius 3 is 2.47 bits per heavy atom. The van der Waals surface area contributed by atoms with Gasteiger partial charge in [0.05, 0.1) is 6.61 Å². The van der Waals surface area contributed by atoms with E-state index in [0.29, 0.717) is 5.41 Å². The first-order valence-corrected chi connectivity index (χ1v) is 6.61. The Bertz CT molecular complexity index is 153. The Morgan fingerprint density at radius 2 is 1.87 bits per heavy atom. The summed E-state index contributed by atoms with van der Waals surface area (Å²) in [6.45, 7) is 8.47. The fraction of sp³-hybridized carbons (Fsp3) is 1.00. The van der Waals surface area contributed by atoms with Gasteiger partial charge in [0, 0.05) is 19.7 Å². The van der Waals surface area contributed by atoms with Crippen molar-refractivity contribution in [2.24, 2.45) is 5.41 Å². The molecule has 0 spiro atoms. The predicted octanol–water partition coefficient (Wildman–Crippen LogP) is 2.97. The van der Waals surface area contributed by atoms with Gasteiger partial charge in [-0.3, -0.25) is 0 Å². The topological polar surface area (TPSA) is 21.3 Å². The predicted molar refractivity (Wildman–Crippen MR) is 65.2 cm³/mol. The van der Waals surface area contributed by atoms with E-state index in [9.17, 15) is 0 Å². The minimum Gasteiger partial charge on any atom is -0.380 e. The van der Waals surface area contributed by atoms with Gasteiger partial charge in [-0.05, 0) is 31.1 Å². The quantitative estimate of drug-likeness (QED) is 0.626. The summed E-state index contributed by atoms with van der Waals surface area (Å²) in [5.41, 5.74) is 0.616. The SMILES string of the molecule is CCCOCCNCC1(CC)CCCC1. The summed E-state index contributed by atoms with van der Waals surface area (Å²) in [7, 11) is 0. The van der Waals surface area contributed by atoms with Crippen LogP contribution in [-0.2, 0) is 4.74 Å². The number of hydrogen-bond acceptors (Lipinski definition) is 2. The van der Waals surface area contributed by atoms with E-state index in [4.69, 9.17) is 4.74 Å². The molecule has 1 aliphatic rings. The molecule has 0 aromatic carbocycles. The zero-order valence-electron chi connectivity index (χ0n) is 10.5. The van der Waals surface area contributed by atoms with Crippen molar-refractivity contribution in [1.82, 2.24) is 5.32 Å². The highest BCUT2D eigenvalue weighted by Crippen LogP contribution is 2.40. The highest BCUT2D eigenvalue weighted by atomic mass is 16.5. The van der Waals surface area contributed by atoms with E-state index < -0.39 is 0 Å². The molecule has 1 rings (SSSR count). The lowest BCUT2D eigenvalue weighted by atomic mass is 9.83. The average molecular weight is 213 g/mol. The van der Waals surface area contributed by atoms with Crippen molar-refractivity contribution in [3.63, 3.8) is 0 Å². The second-order valence-corrected chi connectivity index (χ2v) is 4.85. The van der Waals surface area contributed by atoms with E-state index in [1.807, 2.05) is 0 Å². The minimum atomic E-state index is 0.616. The van der Waals surface area contributed by atoms with Gasteiger partial charge in [-0.1, -0.05) is 26.7 Å². The Labute approximate surface area is 94.8 Å². The van der Waals surface area contributed by atoms with Crippen molar-refractivity contribution >= 4 is 0 Å². The number of nitrogens with one attached hydrogen (secondary N) is 1. The van der Waals surface area contributed by atoms with Gasteiger partial charge in [-0.25, -0.2) is 0 Å². The van der Waals surface area contributed by atoms with Crippen LogP contribution in [0.5, 0.6) is 0 Å². The first-order valence-electron chi connectivity index (χ1n) is 6.61. The fourth-order valence-corrected chi connectivity index (χ4v) is 2.52. The van der Waals surface area contributed by atoms with Crippen LogP contribution in [0.15, 0.2) is 0 Å². The van der Waals surface area contributed by atoms with Crippen LogP contribution in [0.25, 0.3) is 0 Å². The molecule has 0 aromatic rings. The zero-order valence-corrected chi connectivity index (χ0v) is 10.5. The smallest absolute Gasteiger partial charge is 0.0590 e. The summed E-state index contributed by atoms with van der Waals surface area (Å²) in [5.74, 6) is 0. The summed E-state index contributed by atoms with van der Waals surface area (Å²) in [4.78, 5) is 0. The van der Waals surface area contributed by atoms with Gasteiger partial charge in [0.1, 0.15) is 0 Å². The maximum Gasteiger partial charge on any atom is 0.0590 e. The third kappa shape index (κ3) is 4.52. The lowest BCUT2D eigenvalue weighted by molar-refractivity contribution is 0.132. The van der Waals surface area contributed by atoms with E-state index in [2.05, 4.69) is 19.2 Å². The third-order valence-electron chi connectivity index (χ3n) is 3.69. The van der Waals surface area contributed by atoms with Gasteiger partial charge in [0.2, 0.25) is 0 Å². The van der Waals surface area contributed by atoms with Crippen molar-refractivity contribution < 1.29 is 4.74 Å². The van der Waals surface area contributed by atoms with Crippen LogP contribution in [0.1, 0.15) is 52.4 Å². The molecular weight excluding hydrogens is 186 g/mol. The number of rotatable bonds is 8. The molecule has 1 fully saturated rings. The number of hydrogen-bond donors (Lipinski definition) is 1. The maximum atomic E-state index is 5.45. The molecule has 1 aliphatic carbocycles. The molecule has 0 heterocycles. The van der Waals surface area contributed by atoms with E-state index in [1.165, 1.54) is 38.6 Å². The van der Waals surface area contributed by atoms with Crippen molar-refractivity contribution in [3.8, 4) is 0 Å². The molecular formula is C13H27NO. The van der Waals surface area contributed by atoms with Gasteiger partial charge in [0.25, 0.3) is 0 Å². The van der Waals surface area contributed by atoms with Gasteiger partial charge >= 0.3 is 0 Å². The molecule has 0 bridgehead atoms. The minimum absolute atomic E-state index is 0.616. The molecule has 90 valence electrons. The largest absolute Gasteiger partial charge is 0.380 e. The van der Waals surface area contributed by atoms with Crippen LogP contribution in [-0.4, -0.2) is 26.3 Å². The maximum absolute atomic E-state index is 5.45. The Hall–Kier alpha value is -0.0800. The molecule has 0 radical (unpaired) electrons. The normalized spacial score (nSPS) is 19.6. The van der Waals surface area contributed by atoms with Crippen LogP contribution in [0, 0.1) is 5.41 Å². The standard InChI is InChI=1S/C13H27NO/c1-3-10-15-11-9-14-12-13(4-2)7-5-6-8-13/h14H,3-12H2,1-2H3. The van der Waals surface area contributed by atoms with Crippen molar-refractivity contribution in [2.75, 3.05) is 26.3 Å². The van der Waals surface area contributed by atoms with Crippen LogP contribution in [0.4, 0.5) is 0 Å². The fourth-order valence-electron chi connectivity index (χ4n) is 2.52. The molecule has 0 amide bonds. The molecule has 2 nitrogen and oxygen atoms in total. The Kier molecular flexibility index (Phi) is 6.26. The molecule has 0 atom stereocenters. The first-order chi connectivity index (χ1) is 7.33. The van der Waals surface area contributed by atoms with E-state index in [0.717, 1.165) is 26.2 Å². The zero-order chi connectivity index (χ0) is 11.0. The first kappa shape index (κ1) is 13.0. The molecule has 0 saturated heterocycles. The van der Waals surface area contributed by atoms with Gasteiger partial charge in [-0.15, -0.1) is 0 Å². The van der Waals surface area contributed by atoms with Crippen molar-refractivity contribution in [3.05, 3.63) is 0 Å². The molecule has 2 heteroatoms. The molecule has 1 saturated carbocycles. The molecule has 0 aromatic heterocycles. The lowest BCUT2D eigenvalue weighted by Crippen LogP contribution is -2.33. The number of ether oxygens (including phenoxy) is 1. The monoisotopic (exact) mass is 213 g/mol. The van der Waals surface area contributed by atoms with Gasteiger partial charge < -0.3 is 10.1 Å². The van der Waals surface area contributed by atoms with Gasteiger partial charge in [0.15, 0.2) is 0 Å². The van der Waals surface area contributed by atoms with E-state index in [-0.39, 0.29) is 0 Å².